The predicted octanol–water partition coefficient (Wildman–Crippen LogP) is 2.00. The summed E-state index contributed by atoms with van der Waals surface area (Å²) < 4.78 is 13.1. The number of hydrogen-bond donors (Lipinski definition) is 2. The standard InChI is InChI=1S/C9H7ClFNO2/c10-7-3-1-6(8(11)5-7)2-4-9(13)12-14/h1-5,14H,(H,12,13)/b4-2+. The summed E-state index contributed by atoms with van der Waals surface area (Å²) >= 11 is 5.52. The second-order valence-electron chi connectivity index (χ2n) is 2.48. The van der Waals surface area contributed by atoms with Gasteiger partial charge in [0, 0.05) is 16.7 Å². The molecule has 0 radical (unpaired) electrons. The van der Waals surface area contributed by atoms with E-state index in [1.807, 2.05) is 0 Å². The number of hydrogen-bond acceptors (Lipinski definition) is 2. The summed E-state index contributed by atoms with van der Waals surface area (Å²) in [6, 6.07) is 4.07. The van der Waals surface area contributed by atoms with E-state index in [0.29, 0.717) is 0 Å². The zero-order valence-electron chi connectivity index (χ0n) is 7.00. The number of carbonyl (C=O) groups is 1. The molecule has 0 heterocycles. The quantitative estimate of drug-likeness (QED) is 0.450. The van der Waals surface area contributed by atoms with Crippen LogP contribution >= 0.6 is 11.6 Å². The zero-order chi connectivity index (χ0) is 10.6. The molecule has 1 amide bonds. The van der Waals surface area contributed by atoms with Crippen molar-refractivity contribution in [2.24, 2.45) is 0 Å². The summed E-state index contributed by atoms with van der Waals surface area (Å²) in [5.74, 6) is -1.25. The van der Waals surface area contributed by atoms with Crippen LogP contribution in [-0.2, 0) is 4.79 Å². The minimum absolute atomic E-state index is 0.220. The van der Waals surface area contributed by atoms with Gasteiger partial charge in [0.05, 0.1) is 0 Å². The van der Waals surface area contributed by atoms with Gasteiger partial charge in [-0.05, 0) is 18.2 Å². The van der Waals surface area contributed by atoms with Gasteiger partial charge in [0.2, 0.25) is 0 Å². The molecule has 1 aromatic rings. The Morgan fingerprint density at radius 3 is 2.86 bits per heavy atom. The molecule has 0 fully saturated rings. The molecule has 1 rings (SSSR count). The third-order valence-corrected chi connectivity index (χ3v) is 1.72. The lowest BCUT2D eigenvalue weighted by Gasteiger charge is -1.96. The van der Waals surface area contributed by atoms with Crippen LogP contribution in [0.3, 0.4) is 0 Å². The highest BCUT2D eigenvalue weighted by Gasteiger charge is 1.99. The van der Waals surface area contributed by atoms with E-state index in [0.717, 1.165) is 12.1 Å². The Kier molecular flexibility index (Phi) is 3.62. The van der Waals surface area contributed by atoms with Crippen LogP contribution in [0.4, 0.5) is 4.39 Å². The fourth-order valence-corrected chi connectivity index (χ4v) is 0.998. The molecule has 1 aromatic carbocycles. The number of benzene rings is 1. The Labute approximate surface area is 84.8 Å². The van der Waals surface area contributed by atoms with Crippen LogP contribution in [0.5, 0.6) is 0 Å². The van der Waals surface area contributed by atoms with Crippen LogP contribution in [0.1, 0.15) is 5.56 Å². The summed E-state index contributed by atoms with van der Waals surface area (Å²) in [6.07, 6.45) is 2.24. The van der Waals surface area contributed by atoms with E-state index in [1.54, 1.807) is 0 Å². The highest BCUT2D eigenvalue weighted by atomic mass is 35.5. The van der Waals surface area contributed by atoms with Crippen molar-refractivity contribution in [2.75, 3.05) is 0 Å². The largest absolute Gasteiger partial charge is 0.288 e. The lowest BCUT2D eigenvalue weighted by atomic mass is 10.2. The van der Waals surface area contributed by atoms with Gasteiger partial charge in [-0.3, -0.25) is 10.0 Å². The first kappa shape index (κ1) is 10.7. The maximum Gasteiger partial charge on any atom is 0.267 e. The summed E-state index contributed by atoms with van der Waals surface area (Å²) in [5, 5.41) is 8.44. The van der Waals surface area contributed by atoms with E-state index in [1.165, 1.54) is 23.7 Å². The Hall–Kier alpha value is -1.39. The number of hydroxylamine groups is 1. The highest BCUT2D eigenvalue weighted by Crippen LogP contribution is 2.15. The van der Waals surface area contributed by atoms with E-state index >= 15 is 0 Å². The van der Waals surface area contributed by atoms with Crippen molar-refractivity contribution in [1.29, 1.82) is 0 Å². The average Bonchev–Trinajstić information content (AvgIpc) is 2.16. The monoisotopic (exact) mass is 215 g/mol. The second-order valence-corrected chi connectivity index (χ2v) is 2.91. The van der Waals surface area contributed by atoms with Crippen LogP contribution < -0.4 is 5.48 Å². The van der Waals surface area contributed by atoms with Gasteiger partial charge in [0.15, 0.2) is 0 Å². The topological polar surface area (TPSA) is 49.3 Å². The lowest BCUT2D eigenvalue weighted by molar-refractivity contribution is -0.124. The molecule has 0 aliphatic heterocycles. The number of amides is 1. The van der Waals surface area contributed by atoms with Gasteiger partial charge in [-0.2, -0.15) is 0 Å². The van der Waals surface area contributed by atoms with Gasteiger partial charge in [0.1, 0.15) is 5.82 Å². The molecule has 0 bridgehead atoms. The minimum Gasteiger partial charge on any atom is -0.288 e. The molecule has 3 nitrogen and oxygen atoms in total. The van der Waals surface area contributed by atoms with Gasteiger partial charge < -0.3 is 0 Å². The molecular weight excluding hydrogens is 209 g/mol. The summed E-state index contributed by atoms with van der Waals surface area (Å²) in [4.78, 5) is 10.6. The maximum absolute atomic E-state index is 13.1. The molecular formula is C9H7ClFNO2. The molecule has 74 valence electrons. The molecule has 0 unspecified atom stereocenters. The van der Waals surface area contributed by atoms with Crippen molar-refractivity contribution in [3.8, 4) is 0 Å². The molecule has 2 N–H and O–H groups in total. The van der Waals surface area contributed by atoms with Crippen molar-refractivity contribution in [1.82, 2.24) is 5.48 Å². The summed E-state index contributed by atoms with van der Waals surface area (Å²) in [6.45, 7) is 0. The molecule has 0 spiro atoms. The molecule has 0 aliphatic carbocycles. The Morgan fingerprint density at radius 2 is 2.29 bits per heavy atom. The zero-order valence-corrected chi connectivity index (χ0v) is 7.75. The van der Waals surface area contributed by atoms with Crippen LogP contribution in [0.2, 0.25) is 5.02 Å². The SMILES string of the molecule is O=C(/C=C/c1ccc(Cl)cc1F)NO. The van der Waals surface area contributed by atoms with Crippen molar-refractivity contribution >= 4 is 23.6 Å². The highest BCUT2D eigenvalue weighted by molar-refractivity contribution is 6.30. The third-order valence-electron chi connectivity index (χ3n) is 1.49. The van der Waals surface area contributed by atoms with Crippen molar-refractivity contribution in [3.05, 3.63) is 40.7 Å². The van der Waals surface area contributed by atoms with Gasteiger partial charge in [-0.15, -0.1) is 0 Å². The number of halogens is 2. The molecule has 5 heteroatoms. The summed E-state index contributed by atoms with van der Waals surface area (Å²) in [7, 11) is 0. The first-order valence-electron chi connectivity index (χ1n) is 3.70. The number of nitrogens with one attached hydrogen (secondary N) is 1. The van der Waals surface area contributed by atoms with E-state index in [9.17, 15) is 9.18 Å². The van der Waals surface area contributed by atoms with Gasteiger partial charge in [-0.1, -0.05) is 17.7 Å². The third kappa shape index (κ3) is 2.83. The van der Waals surface area contributed by atoms with E-state index in [2.05, 4.69) is 0 Å². The van der Waals surface area contributed by atoms with Crippen LogP contribution in [0, 0.1) is 5.82 Å². The average molecular weight is 216 g/mol. The molecule has 0 atom stereocenters. The van der Waals surface area contributed by atoms with Gasteiger partial charge in [0.25, 0.3) is 5.91 Å². The first-order valence-corrected chi connectivity index (χ1v) is 4.08. The van der Waals surface area contributed by atoms with Crippen molar-refractivity contribution < 1.29 is 14.4 Å². The Balaban J connectivity index is 2.87. The lowest BCUT2D eigenvalue weighted by Crippen LogP contribution is -2.14. The van der Waals surface area contributed by atoms with E-state index in [-0.39, 0.29) is 10.6 Å². The van der Waals surface area contributed by atoms with Crippen molar-refractivity contribution in [2.45, 2.75) is 0 Å². The van der Waals surface area contributed by atoms with Gasteiger partial charge >= 0.3 is 0 Å². The molecule has 14 heavy (non-hydrogen) atoms. The minimum atomic E-state index is -0.723. The number of rotatable bonds is 2. The van der Waals surface area contributed by atoms with Crippen LogP contribution in [-0.4, -0.2) is 11.1 Å². The fraction of sp³-hybridized carbons (Fsp3) is 0. The second kappa shape index (κ2) is 4.74. The molecule has 0 aromatic heterocycles. The van der Waals surface area contributed by atoms with Crippen molar-refractivity contribution in [3.63, 3.8) is 0 Å². The summed E-state index contributed by atoms with van der Waals surface area (Å²) in [5.41, 5.74) is 1.61. The molecule has 0 saturated heterocycles. The molecule has 0 saturated carbocycles. The van der Waals surface area contributed by atoms with Crippen LogP contribution in [0.25, 0.3) is 6.08 Å². The Bertz CT molecular complexity index is 379. The molecule has 0 aliphatic rings. The maximum atomic E-state index is 13.1. The van der Waals surface area contributed by atoms with Gasteiger partial charge in [-0.25, -0.2) is 9.87 Å². The number of carbonyl (C=O) groups excluding carboxylic acids is 1. The van der Waals surface area contributed by atoms with E-state index in [4.69, 9.17) is 16.8 Å². The fourth-order valence-electron chi connectivity index (χ4n) is 0.839. The van der Waals surface area contributed by atoms with E-state index < -0.39 is 11.7 Å². The predicted molar refractivity (Wildman–Crippen MR) is 50.4 cm³/mol. The smallest absolute Gasteiger partial charge is 0.267 e. The van der Waals surface area contributed by atoms with Crippen LogP contribution in [0.15, 0.2) is 24.3 Å². The Morgan fingerprint density at radius 1 is 1.57 bits per heavy atom. The normalized spacial score (nSPS) is 10.5. The first-order chi connectivity index (χ1) is 6.63.